The van der Waals surface area contributed by atoms with Crippen LogP contribution in [0.3, 0.4) is 0 Å². The zero-order chi connectivity index (χ0) is 14.7. The molecule has 0 heterocycles. The number of benzene rings is 2. The number of hydrogen-bond donors (Lipinski definition) is 1. The van der Waals surface area contributed by atoms with Crippen molar-refractivity contribution in [3.05, 3.63) is 68.7 Å². The maximum atomic E-state index is 3.75. The highest BCUT2D eigenvalue weighted by atomic mass is 79.9. The normalized spacial score (nSPS) is 12.4. The van der Waals surface area contributed by atoms with Gasteiger partial charge in [0.25, 0.3) is 0 Å². The van der Waals surface area contributed by atoms with Gasteiger partial charge in [0.1, 0.15) is 0 Å². The zero-order valence-corrected chi connectivity index (χ0v) is 14.2. The molecule has 20 heavy (non-hydrogen) atoms. The van der Waals surface area contributed by atoms with Gasteiger partial charge in [-0.15, -0.1) is 0 Å². The third-order valence-corrected chi connectivity index (χ3v) is 4.60. The Morgan fingerprint density at radius 1 is 1.05 bits per heavy atom. The molecule has 0 bridgehead atoms. The van der Waals surface area contributed by atoms with E-state index in [2.05, 4.69) is 85.3 Å². The van der Waals surface area contributed by atoms with Crippen LogP contribution in [0.1, 0.15) is 40.8 Å². The largest absolute Gasteiger partial charge is 0.306 e. The van der Waals surface area contributed by atoms with Crippen LogP contribution in [0, 0.1) is 20.8 Å². The Morgan fingerprint density at radius 2 is 1.70 bits per heavy atom. The molecule has 1 nitrogen and oxygen atoms in total. The fourth-order valence-corrected chi connectivity index (χ4v) is 3.17. The van der Waals surface area contributed by atoms with Crippen molar-refractivity contribution >= 4 is 15.9 Å². The molecule has 0 spiro atoms. The van der Waals surface area contributed by atoms with Gasteiger partial charge in [0.2, 0.25) is 0 Å². The van der Waals surface area contributed by atoms with Gasteiger partial charge in [-0.3, -0.25) is 0 Å². The van der Waals surface area contributed by atoms with Crippen LogP contribution < -0.4 is 5.32 Å². The van der Waals surface area contributed by atoms with Gasteiger partial charge in [-0.25, -0.2) is 0 Å². The molecule has 0 amide bonds. The Morgan fingerprint density at radius 3 is 2.30 bits per heavy atom. The van der Waals surface area contributed by atoms with E-state index < -0.39 is 0 Å². The molecular formula is C18H22BrN. The SMILES string of the molecule is CCNC(c1cc(C)cc(C)c1)c1cccc(C)c1Br. The molecule has 0 saturated carbocycles. The monoisotopic (exact) mass is 331 g/mol. The quantitative estimate of drug-likeness (QED) is 0.824. The lowest BCUT2D eigenvalue weighted by molar-refractivity contribution is 0.627. The van der Waals surface area contributed by atoms with E-state index in [-0.39, 0.29) is 6.04 Å². The highest BCUT2D eigenvalue weighted by Gasteiger charge is 2.17. The minimum absolute atomic E-state index is 0.230. The molecule has 0 aliphatic carbocycles. The van der Waals surface area contributed by atoms with Crippen molar-refractivity contribution in [2.24, 2.45) is 0 Å². The average molecular weight is 332 g/mol. The van der Waals surface area contributed by atoms with E-state index >= 15 is 0 Å². The maximum Gasteiger partial charge on any atom is 0.0588 e. The first kappa shape index (κ1) is 15.3. The highest BCUT2D eigenvalue weighted by Crippen LogP contribution is 2.31. The third kappa shape index (κ3) is 3.31. The molecule has 2 rings (SSSR count). The summed E-state index contributed by atoms with van der Waals surface area (Å²) in [5, 5.41) is 3.61. The van der Waals surface area contributed by atoms with Crippen LogP contribution in [0.15, 0.2) is 40.9 Å². The fourth-order valence-electron chi connectivity index (χ4n) is 2.68. The van der Waals surface area contributed by atoms with E-state index in [9.17, 15) is 0 Å². The van der Waals surface area contributed by atoms with E-state index in [0.717, 1.165) is 6.54 Å². The first-order valence-corrected chi connectivity index (χ1v) is 7.88. The second kappa shape index (κ2) is 6.55. The second-order valence-electron chi connectivity index (χ2n) is 5.39. The van der Waals surface area contributed by atoms with E-state index in [1.807, 2.05) is 0 Å². The Hall–Kier alpha value is -1.12. The smallest absolute Gasteiger partial charge is 0.0588 e. The lowest BCUT2D eigenvalue weighted by Gasteiger charge is -2.22. The summed E-state index contributed by atoms with van der Waals surface area (Å²) in [5.41, 5.74) is 6.53. The van der Waals surface area contributed by atoms with Gasteiger partial charge < -0.3 is 5.32 Å². The lowest BCUT2D eigenvalue weighted by atomic mass is 9.94. The van der Waals surface area contributed by atoms with E-state index in [0.29, 0.717) is 0 Å². The van der Waals surface area contributed by atoms with Gasteiger partial charge in [0, 0.05) is 4.47 Å². The van der Waals surface area contributed by atoms with E-state index in [1.165, 1.54) is 32.3 Å². The number of aryl methyl sites for hydroxylation is 3. The molecule has 0 aliphatic heterocycles. The molecule has 1 N–H and O–H groups in total. The van der Waals surface area contributed by atoms with Crippen molar-refractivity contribution in [1.29, 1.82) is 0 Å². The van der Waals surface area contributed by atoms with Gasteiger partial charge in [0.05, 0.1) is 6.04 Å². The molecule has 2 aromatic rings. The van der Waals surface area contributed by atoms with Crippen LogP contribution in [-0.2, 0) is 0 Å². The highest BCUT2D eigenvalue weighted by molar-refractivity contribution is 9.10. The van der Waals surface area contributed by atoms with Crippen LogP contribution in [0.5, 0.6) is 0 Å². The van der Waals surface area contributed by atoms with Crippen LogP contribution in [0.25, 0.3) is 0 Å². The molecule has 0 fully saturated rings. The summed E-state index contributed by atoms with van der Waals surface area (Å²) < 4.78 is 1.20. The molecule has 106 valence electrons. The predicted octanol–water partition coefficient (Wildman–Crippen LogP) is 5.07. The topological polar surface area (TPSA) is 12.0 Å². The average Bonchev–Trinajstić information content (AvgIpc) is 2.38. The van der Waals surface area contributed by atoms with E-state index in [1.54, 1.807) is 0 Å². The van der Waals surface area contributed by atoms with Gasteiger partial charge in [-0.2, -0.15) is 0 Å². The molecule has 0 aromatic heterocycles. The van der Waals surface area contributed by atoms with Crippen molar-refractivity contribution in [1.82, 2.24) is 5.32 Å². The molecule has 0 aliphatic rings. The Kier molecular flexibility index (Phi) is 5.00. The fraction of sp³-hybridized carbons (Fsp3) is 0.333. The summed E-state index contributed by atoms with van der Waals surface area (Å²) in [6.07, 6.45) is 0. The van der Waals surface area contributed by atoms with Gasteiger partial charge in [-0.1, -0.05) is 70.4 Å². The maximum absolute atomic E-state index is 3.75. The molecule has 1 unspecified atom stereocenters. The van der Waals surface area contributed by atoms with Crippen LogP contribution in [0.4, 0.5) is 0 Å². The molecule has 1 atom stereocenters. The first-order valence-electron chi connectivity index (χ1n) is 7.09. The second-order valence-corrected chi connectivity index (χ2v) is 6.18. The molecule has 0 radical (unpaired) electrons. The predicted molar refractivity (Wildman–Crippen MR) is 90.3 cm³/mol. The Balaban J connectivity index is 2.53. The summed E-state index contributed by atoms with van der Waals surface area (Å²) in [5.74, 6) is 0. The van der Waals surface area contributed by atoms with Crippen molar-refractivity contribution in [2.45, 2.75) is 33.7 Å². The summed E-state index contributed by atoms with van der Waals surface area (Å²) in [6.45, 7) is 9.55. The summed E-state index contributed by atoms with van der Waals surface area (Å²) >= 11 is 3.75. The van der Waals surface area contributed by atoms with Crippen molar-refractivity contribution in [3.63, 3.8) is 0 Å². The van der Waals surface area contributed by atoms with Gasteiger partial charge in [-0.05, 0) is 44.0 Å². The Labute approximate surface area is 130 Å². The van der Waals surface area contributed by atoms with E-state index in [4.69, 9.17) is 0 Å². The number of rotatable bonds is 4. The first-order chi connectivity index (χ1) is 9.52. The van der Waals surface area contributed by atoms with Crippen LogP contribution in [-0.4, -0.2) is 6.54 Å². The van der Waals surface area contributed by atoms with Crippen molar-refractivity contribution < 1.29 is 0 Å². The number of halogens is 1. The minimum Gasteiger partial charge on any atom is -0.306 e. The van der Waals surface area contributed by atoms with Crippen LogP contribution in [0.2, 0.25) is 0 Å². The van der Waals surface area contributed by atoms with Crippen molar-refractivity contribution in [3.8, 4) is 0 Å². The summed E-state index contributed by atoms with van der Waals surface area (Å²) in [6, 6.07) is 13.5. The standard InChI is InChI=1S/C18H22BrN/c1-5-20-18(15-10-12(2)9-13(3)11-15)16-8-6-7-14(4)17(16)19/h6-11,18,20H,5H2,1-4H3. The molecule has 2 heteroatoms. The number of nitrogens with one attached hydrogen (secondary N) is 1. The third-order valence-electron chi connectivity index (χ3n) is 3.52. The summed E-state index contributed by atoms with van der Waals surface area (Å²) in [4.78, 5) is 0. The van der Waals surface area contributed by atoms with Gasteiger partial charge in [0.15, 0.2) is 0 Å². The molecule has 0 saturated heterocycles. The number of hydrogen-bond acceptors (Lipinski definition) is 1. The van der Waals surface area contributed by atoms with Crippen molar-refractivity contribution in [2.75, 3.05) is 6.54 Å². The van der Waals surface area contributed by atoms with Gasteiger partial charge >= 0.3 is 0 Å². The molecule has 2 aromatic carbocycles. The summed E-state index contributed by atoms with van der Waals surface area (Å²) in [7, 11) is 0. The Bertz CT molecular complexity index is 584. The minimum atomic E-state index is 0.230. The molecular weight excluding hydrogens is 310 g/mol. The van der Waals surface area contributed by atoms with Crippen LogP contribution >= 0.6 is 15.9 Å². The lowest BCUT2D eigenvalue weighted by Crippen LogP contribution is -2.22. The zero-order valence-electron chi connectivity index (χ0n) is 12.6.